The maximum atomic E-state index is 12.9. The monoisotopic (exact) mass is 302 g/mol. The Morgan fingerprint density at radius 1 is 1.10 bits per heavy atom. The van der Waals surface area contributed by atoms with Crippen LogP contribution in [0.4, 0.5) is 0 Å². The number of nitrogens with two attached hydrogens (primary N) is 1. The average molecular weight is 302 g/mol. The van der Waals surface area contributed by atoms with E-state index >= 15 is 0 Å². The van der Waals surface area contributed by atoms with E-state index in [1.54, 1.807) is 4.31 Å². The fourth-order valence-electron chi connectivity index (χ4n) is 3.18. The van der Waals surface area contributed by atoms with Gasteiger partial charge in [0.2, 0.25) is 0 Å². The van der Waals surface area contributed by atoms with Crippen LogP contribution in [-0.2, 0) is 10.2 Å². The van der Waals surface area contributed by atoms with E-state index in [0.717, 1.165) is 51.4 Å². The van der Waals surface area contributed by atoms with Crippen LogP contribution in [-0.4, -0.2) is 48.5 Å². The minimum absolute atomic E-state index is 0.0205. The fraction of sp³-hybridized carbons (Fsp3) is 0.923. The Morgan fingerprint density at radius 2 is 1.65 bits per heavy atom. The van der Waals surface area contributed by atoms with Crippen LogP contribution in [0.5, 0.6) is 0 Å². The van der Waals surface area contributed by atoms with Gasteiger partial charge in [-0.15, -0.1) is 0 Å². The molecule has 0 bridgehead atoms. The van der Waals surface area contributed by atoms with Crippen molar-refractivity contribution in [2.75, 3.05) is 19.6 Å². The van der Waals surface area contributed by atoms with E-state index in [9.17, 15) is 8.42 Å². The van der Waals surface area contributed by atoms with E-state index in [-0.39, 0.29) is 18.4 Å². The Morgan fingerprint density at radius 3 is 2.15 bits per heavy atom. The zero-order valence-corrected chi connectivity index (χ0v) is 12.9. The third kappa shape index (κ3) is 3.71. The predicted molar refractivity (Wildman–Crippen MR) is 79.8 cm³/mol. The van der Waals surface area contributed by atoms with Gasteiger partial charge < -0.3 is 5.73 Å². The van der Waals surface area contributed by atoms with Gasteiger partial charge in [0.25, 0.3) is 10.2 Å². The molecule has 0 atom stereocenters. The normalized spacial score (nSPS) is 23.1. The first-order valence-electron chi connectivity index (χ1n) is 7.61. The van der Waals surface area contributed by atoms with Crippen molar-refractivity contribution in [3.8, 4) is 0 Å². The van der Waals surface area contributed by atoms with Crippen LogP contribution in [0.15, 0.2) is 0 Å². The summed E-state index contributed by atoms with van der Waals surface area (Å²) in [4.78, 5) is 0. The molecule has 1 aliphatic carbocycles. The van der Waals surface area contributed by atoms with E-state index in [4.69, 9.17) is 11.1 Å². The van der Waals surface area contributed by atoms with Crippen molar-refractivity contribution >= 4 is 16.0 Å². The maximum absolute atomic E-state index is 12.9. The van der Waals surface area contributed by atoms with Crippen LogP contribution in [0.1, 0.15) is 51.4 Å². The Hall–Kier alpha value is -0.660. The number of nitrogens with one attached hydrogen (secondary N) is 1. The van der Waals surface area contributed by atoms with Gasteiger partial charge in [0.1, 0.15) is 5.84 Å². The molecule has 7 heteroatoms. The summed E-state index contributed by atoms with van der Waals surface area (Å²) in [6.45, 7) is 1.23. The van der Waals surface area contributed by atoms with Gasteiger partial charge in [0.15, 0.2) is 0 Å². The molecule has 0 aromatic carbocycles. The third-order valence-electron chi connectivity index (χ3n) is 4.25. The standard InChI is InChI=1S/C13H26N4O2S/c14-13(15)11-17(12-7-3-4-8-12)20(18,19)16-9-5-1-2-6-10-16/h12H,1-11H2,(H3,14,15). The largest absolute Gasteiger partial charge is 0.387 e. The third-order valence-corrected chi connectivity index (χ3v) is 6.28. The van der Waals surface area contributed by atoms with Crippen LogP contribution < -0.4 is 5.73 Å². The molecule has 3 N–H and O–H groups in total. The number of nitrogens with zero attached hydrogens (tertiary/aromatic N) is 2. The smallest absolute Gasteiger partial charge is 0.282 e. The van der Waals surface area contributed by atoms with Crippen molar-refractivity contribution in [2.45, 2.75) is 57.4 Å². The Bertz CT molecular complexity index is 424. The summed E-state index contributed by atoms with van der Waals surface area (Å²) < 4.78 is 28.8. The molecule has 0 radical (unpaired) electrons. The van der Waals surface area contributed by atoms with Gasteiger partial charge in [0.05, 0.1) is 6.54 Å². The Balaban J connectivity index is 2.17. The first kappa shape index (κ1) is 15.7. The summed E-state index contributed by atoms with van der Waals surface area (Å²) in [6, 6.07) is 0.0205. The highest BCUT2D eigenvalue weighted by Gasteiger charge is 2.36. The molecule has 6 nitrogen and oxygen atoms in total. The Kier molecular flexibility index (Phi) is 5.40. The van der Waals surface area contributed by atoms with E-state index in [1.165, 1.54) is 4.31 Å². The van der Waals surface area contributed by atoms with Gasteiger partial charge in [-0.05, 0) is 25.7 Å². The second kappa shape index (κ2) is 6.87. The number of hydrogen-bond donors (Lipinski definition) is 2. The Labute approximate surface area is 122 Å². The van der Waals surface area contributed by atoms with Crippen molar-refractivity contribution in [1.29, 1.82) is 5.41 Å². The molecule has 0 amide bonds. The summed E-state index contributed by atoms with van der Waals surface area (Å²) >= 11 is 0. The molecule has 116 valence electrons. The lowest BCUT2D eigenvalue weighted by Gasteiger charge is -2.32. The first-order chi connectivity index (χ1) is 9.51. The molecule has 0 aromatic heterocycles. The van der Waals surface area contributed by atoms with Crippen LogP contribution in [0.2, 0.25) is 0 Å². The van der Waals surface area contributed by atoms with Crippen LogP contribution in [0.25, 0.3) is 0 Å². The molecular weight excluding hydrogens is 276 g/mol. The van der Waals surface area contributed by atoms with E-state index in [1.807, 2.05) is 0 Å². The number of hydrogen-bond acceptors (Lipinski definition) is 3. The number of amidine groups is 1. The van der Waals surface area contributed by atoms with Crippen LogP contribution in [0.3, 0.4) is 0 Å². The second-order valence-corrected chi connectivity index (χ2v) is 7.71. The lowest BCUT2D eigenvalue weighted by Crippen LogP contribution is -2.51. The van der Waals surface area contributed by atoms with E-state index in [2.05, 4.69) is 0 Å². The van der Waals surface area contributed by atoms with Crippen molar-refractivity contribution in [1.82, 2.24) is 8.61 Å². The fourth-order valence-corrected chi connectivity index (χ4v) is 5.09. The highest BCUT2D eigenvalue weighted by molar-refractivity contribution is 7.86. The molecule has 2 fully saturated rings. The van der Waals surface area contributed by atoms with Gasteiger partial charge >= 0.3 is 0 Å². The minimum Gasteiger partial charge on any atom is -0.387 e. The van der Waals surface area contributed by atoms with Gasteiger partial charge in [-0.25, -0.2) is 0 Å². The summed E-state index contributed by atoms with van der Waals surface area (Å²) in [6.07, 6.45) is 7.96. The lowest BCUT2D eigenvalue weighted by molar-refractivity contribution is 0.307. The average Bonchev–Trinajstić information content (AvgIpc) is 2.76. The zero-order valence-electron chi connectivity index (χ0n) is 12.1. The van der Waals surface area contributed by atoms with E-state index < -0.39 is 10.2 Å². The molecule has 1 aliphatic heterocycles. The molecule has 2 aliphatic rings. The van der Waals surface area contributed by atoms with Crippen molar-refractivity contribution in [3.63, 3.8) is 0 Å². The van der Waals surface area contributed by atoms with Gasteiger partial charge in [-0.3, -0.25) is 5.41 Å². The van der Waals surface area contributed by atoms with Crippen molar-refractivity contribution in [3.05, 3.63) is 0 Å². The molecule has 20 heavy (non-hydrogen) atoms. The zero-order chi connectivity index (χ0) is 14.6. The molecule has 0 spiro atoms. The van der Waals surface area contributed by atoms with Gasteiger partial charge in [-0.2, -0.15) is 17.0 Å². The van der Waals surface area contributed by atoms with Gasteiger partial charge in [-0.1, -0.05) is 25.7 Å². The highest BCUT2D eigenvalue weighted by atomic mass is 32.2. The number of rotatable bonds is 5. The predicted octanol–water partition coefficient (Wildman–Crippen LogP) is 1.29. The summed E-state index contributed by atoms with van der Waals surface area (Å²) in [7, 11) is -3.48. The lowest BCUT2D eigenvalue weighted by atomic mass is 10.2. The van der Waals surface area contributed by atoms with Crippen LogP contribution in [0, 0.1) is 5.41 Å². The topological polar surface area (TPSA) is 90.5 Å². The summed E-state index contributed by atoms with van der Waals surface area (Å²) in [5, 5.41) is 7.48. The molecule has 1 heterocycles. The highest BCUT2D eigenvalue weighted by Crippen LogP contribution is 2.27. The molecule has 0 unspecified atom stereocenters. The van der Waals surface area contributed by atoms with Crippen molar-refractivity contribution < 1.29 is 8.42 Å². The molecular formula is C13H26N4O2S. The first-order valence-corrected chi connectivity index (χ1v) is 9.01. The molecule has 1 saturated carbocycles. The molecule has 1 saturated heterocycles. The maximum Gasteiger partial charge on any atom is 0.282 e. The summed E-state index contributed by atoms with van der Waals surface area (Å²) in [5.41, 5.74) is 5.48. The quantitative estimate of drug-likeness (QED) is 0.592. The SMILES string of the molecule is N=C(N)CN(C1CCCC1)S(=O)(=O)N1CCCCCC1. The minimum atomic E-state index is -3.48. The van der Waals surface area contributed by atoms with Crippen LogP contribution >= 0.6 is 0 Å². The van der Waals surface area contributed by atoms with Crippen molar-refractivity contribution in [2.24, 2.45) is 5.73 Å². The van der Waals surface area contributed by atoms with E-state index in [0.29, 0.717) is 13.1 Å². The molecule has 2 rings (SSSR count). The molecule has 0 aromatic rings. The second-order valence-electron chi connectivity index (χ2n) is 5.83. The summed E-state index contributed by atoms with van der Waals surface area (Å²) in [5.74, 6) is -0.0738. The van der Waals surface area contributed by atoms with Gasteiger partial charge in [0, 0.05) is 19.1 Å².